The first-order valence-electron chi connectivity index (χ1n) is 7.31. The largest absolute Gasteiger partial charge is 0.330 e. The maximum Gasteiger partial charge on any atom is 0.282 e. The summed E-state index contributed by atoms with van der Waals surface area (Å²) in [5.74, 6) is -0.106. The van der Waals surface area contributed by atoms with Crippen molar-refractivity contribution in [1.29, 1.82) is 5.26 Å². The summed E-state index contributed by atoms with van der Waals surface area (Å²) in [6.45, 7) is 3.94. The summed E-state index contributed by atoms with van der Waals surface area (Å²) in [6.07, 6.45) is 0. The van der Waals surface area contributed by atoms with Crippen LogP contribution in [-0.2, 0) is 4.79 Å². The number of quaternary nitrogens is 1. The lowest BCUT2D eigenvalue weighted by molar-refractivity contribution is -0.709. The van der Waals surface area contributed by atoms with Gasteiger partial charge in [-0.15, -0.1) is 0 Å². The number of nitrogens with two attached hydrogens (primary N) is 1. The van der Waals surface area contributed by atoms with Crippen molar-refractivity contribution in [2.24, 2.45) is 0 Å². The van der Waals surface area contributed by atoms with Gasteiger partial charge in [-0.1, -0.05) is 42.5 Å². The topological polar surface area (TPSA) is 69.5 Å². The third-order valence-electron chi connectivity index (χ3n) is 3.62. The molecule has 4 nitrogen and oxygen atoms in total. The second-order valence-corrected chi connectivity index (χ2v) is 5.33. The molecule has 4 heteroatoms. The van der Waals surface area contributed by atoms with Crippen LogP contribution in [0.3, 0.4) is 0 Å². The van der Waals surface area contributed by atoms with Gasteiger partial charge >= 0.3 is 0 Å². The van der Waals surface area contributed by atoms with Gasteiger partial charge < -0.3 is 10.6 Å². The Hall–Kier alpha value is -2.64. The Morgan fingerprint density at radius 2 is 1.73 bits per heavy atom. The maximum atomic E-state index is 12.3. The quantitative estimate of drug-likeness (QED) is 0.887. The van der Waals surface area contributed by atoms with Crippen LogP contribution < -0.4 is 10.6 Å². The van der Waals surface area contributed by atoms with Gasteiger partial charge in [0.25, 0.3) is 5.91 Å². The van der Waals surface area contributed by atoms with E-state index in [9.17, 15) is 4.79 Å². The zero-order chi connectivity index (χ0) is 15.9. The molecule has 0 aliphatic rings. The predicted octanol–water partition coefficient (Wildman–Crippen LogP) is 2.21. The molecule has 0 saturated carbocycles. The van der Waals surface area contributed by atoms with Crippen LogP contribution in [0.25, 0.3) is 0 Å². The molecule has 112 valence electrons. The number of hydrogen-bond donors (Lipinski definition) is 2. The maximum absolute atomic E-state index is 12.3. The van der Waals surface area contributed by atoms with Crippen molar-refractivity contribution < 1.29 is 10.1 Å². The van der Waals surface area contributed by atoms with Crippen LogP contribution in [0, 0.1) is 11.3 Å². The minimum atomic E-state index is -0.248. The van der Waals surface area contributed by atoms with Crippen LogP contribution in [0.2, 0.25) is 0 Å². The first kappa shape index (κ1) is 15.7. The Balaban J connectivity index is 1.99. The minimum Gasteiger partial charge on any atom is -0.330 e. The van der Waals surface area contributed by atoms with Crippen LogP contribution in [0.1, 0.15) is 31.0 Å². The lowest BCUT2D eigenvalue weighted by Gasteiger charge is -2.17. The number of carbonyl (C=O) groups excluding carboxylic acids is 1. The Labute approximate surface area is 130 Å². The number of nitrogens with zero attached hydrogens (tertiary/aromatic N) is 1. The van der Waals surface area contributed by atoms with Crippen LogP contribution in [-0.4, -0.2) is 11.9 Å². The Morgan fingerprint density at radius 3 is 2.41 bits per heavy atom. The number of amides is 1. The summed E-state index contributed by atoms with van der Waals surface area (Å²) in [4.78, 5) is 12.3. The Morgan fingerprint density at radius 1 is 1.09 bits per heavy atom. The number of benzene rings is 2. The van der Waals surface area contributed by atoms with Gasteiger partial charge in [-0.2, -0.15) is 5.26 Å². The van der Waals surface area contributed by atoms with E-state index in [0.29, 0.717) is 11.3 Å². The number of para-hydroxylation sites is 1. The van der Waals surface area contributed by atoms with Gasteiger partial charge in [0.05, 0.1) is 11.3 Å². The number of rotatable bonds is 5. The lowest BCUT2D eigenvalue weighted by Crippen LogP contribution is -2.91. The number of anilines is 1. The van der Waals surface area contributed by atoms with Crippen LogP contribution in [0.5, 0.6) is 0 Å². The monoisotopic (exact) mass is 294 g/mol. The SMILES string of the molecule is C[C@H]([NH2+][C@H](C)C(=O)Nc1ccccc1C#N)c1ccccc1. The molecule has 0 aliphatic heterocycles. The summed E-state index contributed by atoms with van der Waals surface area (Å²) in [5, 5.41) is 13.9. The zero-order valence-corrected chi connectivity index (χ0v) is 12.8. The van der Waals surface area contributed by atoms with Gasteiger partial charge in [-0.25, -0.2) is 0 Å². The molecule has 3 N–H and O–H groups in total. The molecule has 0 heterocycles. The molecule has 2 rings (SSSR count). The second-order valence-electron chi connectivity index (χ2n) is 5.33. The fourth-order valence-electron chi connectivity index (χ4n) is 2.32. The first-order chi connectivity index (χ1) is 10.6. The van der Waals surface area contributed by atoms with E-state index in [1.807, 2.05) is 30.4 Å². The molecule has 0 spiro atoms. The van der Waals surface area contributed by atoms with Crippen molar-refractivity contribution in [2.75, 3.05) is 5.32 Å². The summed E-state index contributed by atoms with van der Waals surface area (Å²) in [7, 11) is 0. The average molecular weight is 294 g/mol. The van der Waals surface area contributed by atoms with Gasteiger partial charge in [0, 0.05) is 5.56 Å². The zero-order valence-electron chi connectivity index (χ0n) is 12.8. The van der Waals surface area contributed by atoms with Gasteiger partial charge in [-0.05, 0) is 26.0 Å². The van der Waals surface area contributed by atoms with E-state index in [1.54, 1.807) is 24.3 Å². The van der Waals surface area contributed by atoms with E-state index in [2.05, 4.69) is 30.4 Å². The summed E-state index contributed by atoms with van der Waals surface area (Å²) < 4.78 is 0. The highest BCUT2D eigenvalue weighted by Gasteiger charge is 2.20. The average Bonchev–Trinajstić information content (AvgIpc) is 2.56. The highest BCUT2D eigenvalue weighted by Crippen LogP contribution is 2.13. The van der Waals surface area contributed by atoms with E-state index < -0.39 is 0 Å². The molecule has 0 aliphatic carbocycles. The van der Waals surface area contributed by atoms with Crippen molar-refractivity contribution >= 4 is 11.6 Å². The third-order valence-corrected chi connectivity index (χ3v) is 3.62. The summed E-state index contributed by atoms with van der Waals surface area (Å²) in [6, 6.07) is 19.1. The molecule has 1 amide bonds. The standard InChI is InChI=1S/C18H19N3O/c1-13(15-8-4-3-5-9-15)20-14(2)18(22)21-17-11-7-6-10-16(17)12-19/h3-11,13-14,20H,1-2H3,(H,21,22)/p+1/t13-,14+/m0/s1. The van der Waals surface area contributed by atoms with Crippen LogP contribution in [0.4, 0.5) is 5.69 Å². The van der Waals surface area contributed by atoms with Crippen molar-refractivity contribution in [3.05, 3.63) is 65.7 Å². The smallest absolute Gasteiger partial charge is 0.282 e. The first-order valence-corrected chi connectivity index (χ1v) is 7.31. The normalized spacial score (nSPS) is 13.0. The molecule has 0 radical (unpaired) electrons. The summed E-state index contributed by atoms with van der Waals surface area (Å²) in [5.41, 5.74) is 2.21. The van der Waals surface area contributed by atoms with Crippen molar-refractivity contribution in [3.63, 3.8) is 0 Å². The van der Waals surface area contributed by atoms with Gasteiger partial charge in [0.2, 0.25) is 0 Å². The Kier molecular flexibility index (Phi) is 5.29. The molecular formula is C18H20N3O+. The van der Waals surface area contributed by atoms with E-state index in [4.69, 9.17) is 5.26 Å². The molecule has 0 fully saturated rings. The second kappa shape index (κ2) is 7.39. The van der Waals surface area contributed by atoms with E-state index >= 15 is 0 Å². The molecule has 0 saturated heterocycles. The molecule has 0 bridgehead atoms. The highest BCUT2D eigenvalue weighted by atomic mass is 16.2. The molecule has 0 aromatic heterocycles. The Bertz CT molecular complexity index is 676. The van der Waals surface area contributed by atoms with Crippen molar-refractivity contribution in [2.45, 2.75) is 25.9 Å². The van der Waals surface area contributed by atoms with Crippen LogP contribution >= 0.6 is 0 Å². The number of carbonyl (C=O) groups is 1. The minimum absolute atomic E-state index is 0.106. The summed E-state index contributed by atoms with van der Waals surface area (Å²) >= 11 is 0. The van der Waals surface area contributed by atoms with Gasteiger partial charge in [-0.3, -0.25) is 4.79 Å². The highest BCUT2D eigenvalue weighted by molar-refractivity contribution is 5.94. The van der Waals surface area contributed by atoms with E-state index in [1.165, 1.54) is 5.56 Å². The number of hydrogen-bond acceptors (Lipinski definition) is 2. The molecule has 0 unspecified atom stereocenters. The third kappa shape index (κ3) is 3.94. The van der Waals surface area contributed by atoms with Gasteiger partial charge in [0.15, 0.2) is 6.04 Å². The van der Waals surface area contributed by atoms with Gasteiger partial charge in [0.1, 0.15) is 12.1 Å². The van der Waals surface area contributed by atoms with E-state index in [0.717, 1.165) is 0 Å². The van der Waals surface area contributed by atoms with Crippen molar-refractivity contribution in [1.82, 2.24) is 0 Å². The number of nitrogens with one attached hydrogen (secondary N) is 1. The molecule has 2 aromatic rings. The lowest BCUT2D eigenvalue weighted by atomic mass is 10.1. The van der Waals surface area contributed by atoms with Crippen molar-refractivity contribution in [3.8, 4) is 6.07 Å². The fraction of sp³-hybridized carbons (Fsp3) is 0.222. The molecular weight excluding hydrogens is 274 g/mol. The number of nitriles is 1. The molecule has 22 heavy (non-hydrogen) atoms. The van der Waals surface area contributed by atoms with E-state index in [-0.39, 0.29) is 18.0 Å². The fourth-order valence-corrected chi connectivity index (χ4v) is 2.32. The molecule has 2 aromatic carbocycles. The van der Waals surface area contributed by atoms with Crippen LogP contribution in [0.15, 0.2) is 54.6 Å². The molecule has 2 atom stereocenters. The predicted molar refractivity (Wildman–Crippen MR) is 86.0 cm³/mol.